The van der Waals surface area contributed by atoms with Crippen LogP contribution in [0.2, 0.25) is 0 Å². The van der Waals surface area contributed by atoms with Crippen molar-refractivity contribution in [1.82, 2.24) is 19.9 Å². The number of carboxylic acid groups (broad SMARTS) is 1. The summed E-state index contributed by atoms with van der Waals surface area (Å²) in [7, 11) is 0. The van der Waals surface area contributed by atoms with Gasteiger partial charge in [-0.15, -0.1) is 0 Å². The number of aliphatic carboxylic acids is 1. The van der Waals surface area contributed by atoms with Gasteiger partial charge < -0.3 is 10.1 Å². The van der Waals surface area contributed by atoms with Crippen LogP contribution in [0.5, 0.6) is 0 Å². The van der Waals surface area contributed by atoms with Crippen molar-refractivity contribution >= 4 is 35.3 Å². The second-order valence-corrected chi connectivity index (χ2v) is 5.41. The van der Waals surface area contributed by atoms with E-state index >= 15 is 0 Å². The summed E-state index contributed by atoms with van der Waals surface area (Å²) in [6.45, 7) is 0. The first-order valence-electron chi connectivity index (χ1n) is 7.09. The van der Waals surface area contributed by atoms with Gasteiger partial charge in [0.15, 0.2) is 0 Å². The number of nitrogens with zero attached hydrogens (tertiary/aromatic N) is 3. The number of aryl methyl sites for hydroxylation is 1. The first kappa shape index (κ1) is 15.8. The maximum absolute atomic E-state index is 12.3. The molecule has 0 aliphatic carbocycles. The number of carboxylic acids is 1. The fourth-order valence-electron chi connectivity index (χ4n) is 2.24. The molecule has 8 nitrogen and oxygen atoms in total. The first-order valence-corrected chi connectivity index (χ1v) is 7.50. The van der Waals surface area contributed by atoms with Crippen LogP contribution in [-0.4, -0.2) is 37.1 Å². The Labute approximate surface area is 140 Å². The van der Waals surface area contributed by atoms with Gasteiger partial charge in [0.2, 0.25) is 4.77 Å². The van der Waals surface area contributed by atoms with Gasteiger partial charge in [-0.1, -0.05) is 18.2 Å². The number of nitrogens with one attached hydrogen (secondary N) is 2. The summed E-state index contributed by atoms with van der Waals surface area (Å²) in [5.74, 6) is -1.01. The molecule has 122 valence electrons. The van der Waals surface area contributed by atoms with Crippen molar-refractivity contribution in [3.63, 3.8) is 0 Å². The number of hydrogen-bond acceptors (Lipinski definition) is 5. The van der Waals surface area contributed by atoms with Crippen LogP contribution in [-0.2, 0) is 11.2 Å². The summed E-state index contributed by atoms with van der Waals surface area (Å²) in [5, 5.41) is 20.1. The predicted molar refractivity (Wildman–Crippen MR) is 90.9 cm³/mol. The Morgan fingerprint density at radius 3 is 3.00 bits per heavy atom. The molecule has 0 saturated heterocycles. The van der Waals surface area contributed by atoms with Crippen molar-refractivity contribution in [3.8, 4) is 0 Å². The highest BCUT2D eigenvalue weighted by molar-refractivity contribution is 7.71. The Bertz CT molecular complexity index is 1050. The summed E-state index contributed by atoms with van der Waals surface area (Å²) in [5.41, 5.74) is 1.29. The quantitative estimate of drug-likeness (QED) is 0.481. The van der Waals surface area contributed by atoms with Crippen molar-refractivity contribution in [3.05, 3.63) is 56.8 Å². The van der Waals surface area contributed by atoms with Crippen LogP contribution in [0.3, 0.4) is 0 Å². The van der Waals surface area contributed by atoms with Crippen LogP contribution in [0, 0.1) is 4.77 Å². The smallest absolute Gasteiger partial charge is 0.303 e. The third-order valence-electron chi connectivity index (χ3n) is 3.43. The topological polar surface area (TPSA) is 116 Å². The third kappa shape index (κ3) is 3.15. The summed E-state index contributed by atoms with van der Waals surface area (Å²) < 4.78 is 1.04. The van der Waals surface area contributed by atoms with E-state index in [0.717, 1.165) is 21.1 Å². The van der Waals surface area contributed by atoms with Gasteiger partial charge in [0.1, 0.15) is 5.69 Å². The summed E-state index contributed by atoms with van der Waals surface area (Å²) in [6, 6.07) is 7.68. The van der Waals surface area contributed by atoms with Gasteiger partial charge in [0.05, 0.1) is 12.6 Å². The molecule has 9 heteroatoms. The maximum Gasteiger partial charge on any atom is 0.303 e. The van der Waals surface area contributed by atoms with E-state index in [0.29, 0.717) is 0 Å². The molecule has 3 N–H and O–H groups in total. The van der Waals surface area contributed by atoms with Crippen molar-refractivity contribution in [2.75, 3.05) is 0 Å². The van der Waals surface area contributed by atoms with E-state index in [1.807, 2.05) is 24.3 Å². The second kappa shape index (κ2) is 6.59. The van der Waals surface area contributed by atoms with Crippen LogP contribution in [0.1, 0.15) is 17.7 Å². The number of para-hydroxylation sites is 1. The van der Waals surface area contributed by atoms with Gasteiger partial charge in [-0.3, -0.25) is 14.7 Å². The van der Waals surface area contributed by atoms with E-state index in [1.54, 1.807) is 6.20 Å². The zero-order valence-corrected chi connectivity index (χ0v) is 13.2. The van der Waals surface area contributed by atoms with E-state index in [1.165, 1.54) is 6.21 Å². The number of rotatable bonds is 5. The fraction of sp³-hybridized carbons (Fsp3) is 0.133. The van der Waals surface area contributed by atoms with Crippen LogP contribution >= 0.6 is 12.2 Å². The Balaban J connectivity index is 1.97. The van der Waals surface area contributed by atoms with Gasteiger partial charge in [-0.2, -0.15) is 14.9 Å². The molecular formula is C15H13N5O3S. The van der Waals surface area contributed by atoms with Crippen LogP contribution in [0.15, 0.2) is 40.4 Å². The van der Waals surface area contributed by atoms with Crippen molar-refractivity contribution in [2.24, 2.45) is 5.10 Å². The van der Waals surface area contributed by atoms with Gasteiger partial charge in [0, 0.05) is 29.1 Å². The first-order chi connectivity index (χ1) is 11.6. The molecule has 3 rings (SSSR count). The zero-order chi connectivity index (χ0) is 17.1. The largest absolute Gasteiger partial charge is 0.481 e. The van der Waals surface area contributed by atoms with Gasteiger partial charge >= 0.3 is 5.97 Å². The number of carbonyl (C=O) groups is 1. The SMILES string of the molecule is O=C(O)CCc1n[nH]c(=S)n(/N=C\c2c[nH]c3ccccc23)c1=O. The zero-order valence-electron chi connectivity index (χ0n) is 12.4. The summed E-state index contributed by atoms with van der Waals surface area (Å²) in [6.07, 6.45) is 3.10. The lowest BCUT2D eigenvalue weighted by molar-refractivity contribution is -0.136. The fourth-order valence-corrected chi connectivity index (χ4v) is 2.41. The normalized spacial score (nSPS) is 11.3. The second-order valence-electron chi connectivity index (χ2n) is 5.02. The highest BCUT2D eigenvalue weighted by Gasteiger charge is 2.09. The maximum atomic E-state index is 12.3. The summed E-state index contributed by atoms with van der Waals surface area (Å²) >= 11 is 5.03. The lowest BCUT2D eigenvalue weighted by Crippen LogP contribution is -2.25. The highest BCUT2D eigenvalue weighted by atomic mass is 32.1. The molecule has 1 aromatic carbocycles. The van der Waals surface area contributed by atoms with E-state index < -0.39 is 11.5 Å². The molecule has 24 heavy (non-hydrogen) atoms. The van der Waals surface area contributed by atoms with Crippen LogP contribution in [0.25, 0.3) is 10.9 Å². The van der Waals surface area contributed by atoms with Gasteiger partial charge in [-0.25, -0.2) is 0 Å². The number of hydrogen-bond donors (Lipinski definition) is 3. The van der Waals surface area contributed by atoms with Crippen LogP contribution in [0.4, 0.5) is 0 Å². The van der Waals surface area contributed by atoms with E-state index in [-0.39, 0.29) is 23.3 Å². The number of aromatic amines is 2. The van der Waals surface area contributed by atoms with Gasteiger partial charge in [0.25, 0.3) is 5.56 Å². The predicted octanol–water partition coefficient (Wildman–Crippen LogP) is 1.68. The molecule has 0 spiro atoms. The molecule has 0 atom stereocenters. The Morgan fingerprint density at radius 1 is 1.42 bits per heavy atom. The minimum Gasteiger partial charge on any atom is -0.481 e. The van der Waals surface area contributed by atoms with E-state index in [2.05, 4.69) is 20.3 Å². The molecule has 3 aromatic rings. The van der Waals surface area contributed by atoms with Crippen molar-refractivity contribution in [2.45, 2.75) is 12.8 Å². The van der Waals surface area contributed by atoms with Gasteiger partial charge in [-0.05, 0) is 18.3 Å². The standard InChI is InChI=1S/C15H13N5O3S/c21-13(22)6-5-12-14(23)20(15(24)19-18-12)17-8-9-7-16-11-4-2-1-3-10(9)11/h1-4,7-8,16H,5-6H2,(H,19,24)(H,21,22)/b17-8-. The monoisotopic (exact) mass is 343 g/mol. The highest BCUT2D eigenvalue weighted by Crippen LogP contribution is 2.15. The molecule has 2 aromatic heterocycles. The molecule has 0 fully saturated rings. The average molecular weight is 343 g/mol. The summed E-state index contributed by atoms with van der Waals surface area (Å²) in [4.78, 5) is 26.1. The number of H-pyrrole nitrogens is 2. The molecule has 0 radical (unpaired) electrons. The van der Waals surface area contributed by atoms with E-state index in [9.17, 15) is 9.59 Å². The number of fused-ring (bicyclic) bond motifs is 1. The lowest BCUT2D eigenvalue weighted by atomic mass is 10.2. The van der Waals surface area contributed by atoms with Crippen LogP contribution < -0.4 is 5.56 Å². The minimum atomic E-state index is -1.01. The molecule has 2 heterocycles. The number of aromatic nitrogens is 4. The van der Waals surface area contributed by atoms with Crippen molar-refractivity contribution < 1.29 is 9.90 Å². The minimum absolute atomic E-state index is 0.00286. The lowest BCUT2D eigenvalue weighted by Gasteiger charge is -2.01. The molecule has 0 aliphatic heterocycles. The molecular weight excluding hydrogens is 330 g/mol. The molecule has 0 unspecified atom stereocenters. The Hall–Kier alpha value is -3.07. The molecule has 0 amide bonds. The van der Waals surface area contributed by atoms with E-state index in [4.69, 9.17) is 17.3 Å². The molecule has 0 saturated carbocycles. The molecule has 0 bridgehead atoms. The third-order valence-corrected chi connectivity index (χ3v) is 3.69. The number of benzene rings is 1. The van der Waals surface area contributed by atoms with Crippen molar-refractivity contribution in [1.29, 1.82) is 0 Å². The Kier molecular flexibility index (Phi) is 4.34. The average Bonchev–Trinajstić information content (AvgIpc) is 2.97. The Morgan fingerprint density at radius 2 is 2.21 bits per heavy atom. The molecule has 0 aliphatic rings.